The largest absolute Gasteiger partial charge is 0.456 e. The van der Waals surface area contributed by atoms with Crippen LogP contribution in [-0.4, -0.2) is 6.71 Å². The summed E-state index contributed by atoms with van der Waals surface area (Å²) in [5.74, 6) is 0. The first-order chi connectivity index (χ1) is 26.3. The van der Waals surface area contributed by atoms with Crippen LogP contribution < -0.4 is 21.3 Å². The molecule has 0 bridgehead atoms. The number of hydrogen-bond acceptors (Lipinski definition) is 4. The molecule has 0 unspecified atom stereocenters. The van der Waals surface area contributed by atoms with Crippen LogP contribution in [0.15, 0.2) is 167 Å². The van der Waals surface area contributed by atoms with E-state index in [0.717, 1.165) is 55.3 Å². The molecule has 11 aromatic rings. The third-order valence-electron chi connectivity index (χ3n) is 11.7. The maximum atomic E-state index is 6.58. The zero-order valence-electron chi connectivity index (χ0n) is 28.3. The molecule has 13 rings (SSSR count). The van der Waals surface area contributed by atoms with Gasteiger partial charge < -0.3 is 13.7 Å². The normalized spacial score (nSPS) is 13.2. The summed E-state index contributed by atoms with van der Waals surface area (Å²) >= 11 is 1.87. The quantitative estimate of drug-likeness (QED) is 0.169. The van der Waals surface area contributed by atoms with Crippen molar-refractivity contribution in [3.05, 3.63) is 158 Å². The third kappa shape index (κ3) is 3.69. The molecule has 2 aliphatic heterocycles. The molecule has 0 atom stereocenters. The summed E-state index contributed by atoms with van der Waals surface area (Å²) in [5.41, 5.74) is 16.0. The average Bonchev–Trinajstić information content (AvgIpc) is 3.96. The van der Waals surface area contributed by atoms with E-state index in [-0.39, 0.29) is 6.71 Å². The number of benzene rings is 8. The molecule has 244 valence electrons. The number of thiophene rings is 1. The van der Waals surface area contributed by atoms with Gasteiger partial charge in [0.05, 0.1) is 0 Å². The number of fused-ring (bicyclic) bond motifs is 14. The topological polar surface area (TPSA) is 29.5 Å². The van der Waals surface area contributed by atoms with Gasteiger partial charge in [0.1, 0.15) is 22.3 Å². The highest BCUT2D eigenvalue weighted by Crippen LogP contribution is 2.47. The summed E-state index contributed by atoms with van der Waals surface area (Å²) in [6, 6.07) is 57.5. The van der Waals surface area contributed by atoms with Crippen LogP contribution in [0.25, 0.3) is 86.3 Å². The van der Waals surface area contributed by atoms with Gasteiger partial charge in [-0.3, -0.25) is 0 Å². The predicted octanol–water partition coefficient (Wildman–Crippen LogP) is 11.8. The molecule has 8 aromatic carbocycles. The van der Waals surface area contributed by atoms with Gasteiger partial charge in [-0.15, -0.1) is 11.3 Å². The molecule has 0 fully saturated rings. The molecule has 0 spiro atoms. The van der Waals surface area contributed by atoms with Crippen LogP contribution in [0.3, 0.4) is 0 Å². The van der Waals surface area contributed by atoms with Crippen molar-refractivity contribution in [3.63, 3.8) is 0 Å². The summed E-state index contributed by atoms with van der Waals surface area (Å²) in [5, 5.41) is 7.17. The van der Waals surface area contributed by atoms with E-state index in [0.29, 0.717) is 0 Å². The molecule has 0 aliphatic carbocycles. The minimum Gasteiger partial charge on any atom is -0.456 e. The fourth-order valence-corrected chi connectivity index (χ4v) is 10.6. The van der Waals surface area contributed by atoms with Crippen molar-refractivity contribution in [2.75, 3.05) is 4.90 Å². The molecular weight excluding hydrogens is 665 g/mol. The van der Waals surface area contributed by atoms with E-state index in [1.165, 1.54) is 64.5 Å². The van der Waals surface area contributed by atoms with Crippen molar-refractivity contribution in [1.82, 2.24) is 0 Å². The van der Waals surface area contributed by atoms with E-state index in [9.17, 15) is 0 Å². The first-order valence-electron chi connectivity index (χ1n) is 18.1. The Kier molecular flexibility index (Phi) is 5.33. The average molecular weight is 692 g/mol. The predicted molar refractivity (Wildman–Crippen MR) is 224 cm³/mol. The van der Waals surface area contributed by atoms with Crippen LogP contribution in [0.5, 0.6) is 0 Å². The van der Waals surface area contributed by atoms with Gasteiger partial charge >= 0.3 is 0 Å². The second kappa shape index (κ2) is 10.1. The lowest BCUT2D eigenvalue weighted by Gasteiger charge is -2.36. The molecule has 0 saturated carbocycles. The van der Waals surface area contributed by atoms with E-state index in [2.05, 4.69) is 150 Å². The number of anilines is 3. The van der Waals surface area contributed by atoms with Gasteiger partial charge in [0, 0.05) is 70.9 Å². The summed E-state index contributed by atoms with van der Waals surface area (Å²) in [6.45, 7) is 0.0854. The van der Waals surface area contributed by atoms with Gasteiger partial charge in [0.15, 0.2) is 0 Å². The number of furan rings is 2. The van der Waals surface area contributed by atoms with Crippen molar-refractivity contribution in [2.45, 2.75) is 0 Å². The smallest absolute Gasteiger partial charge is 0.248 e. The Balaban J connectivity index is 1.16. The van der Waals surface area contributed by atoms with Crippen LogP contribution in [0.2, 0.25) is 0 Å². The van der Waals surface area contributed by atoms with Crippen LogP contribution in [0.1, 0.15) is 0 Å². The SMILES string of the molecule is c1ccc2c(c1)B1c3cc4c(cc3N(c3ccc5c(c3)oc3ccccc35)c3cc(-c5cccc6sc7ccccc7c56)cc-2c31)oc1ccccc14. The highest BCUT2D eigenvalue weighted by Gasteiger charge is 2.43. The fourth-order valence-electron chi connectivity index (χ4n) is 9.46. The van der Waals surface area contributed by atoms with Gasteiger partial charge in [-0.1, -0.05) is 103 Å². The van der Waals surface area contributed by atoms with Crippen molar-refractivity contribution in [3.8, 4) is 22.3 Å². The van der Waals surface area contributed by atoms with Crippen LogP contribution >= 0.6 is 11.3 Å². The highest BCUT2D eigenvalue weighted by atomic mass is 32.1. The number of rotatable bonds is 2. The van der Waals surface area contributed by atoms with Gasteiger partial charge in [-0.2, -0.15) is 0 Å². The van der Waals surface area contributed by atoms with E-state index in [1.54, 1.807) is 0 Å². The van der Waals surface area contributed by atoms with Gasteiger partial charge in [0.2, 0.25) is 6.71 Å². The lowest BCUT2D eigenvalue weighted by atomic mass is 9.37. The monoisotopic (exact) mass is 691 g/mol. The van der Waals surface area contributed by atoms with Gasteiger partial charge in [0.25, 0.3) is 0 Å². The summed E-state index contributed by atoms with van der Waals surface area (Å²) < 4.78 is 15.7. The number of nitrogens with zero attached hydrogens (tertiary/aromatic N) is 1. The molecule has 3 nitrogen and oxygen atoms in total. The molecule has 0 N–H and O–H groups in total. The van der Waals surface area contributed by atoms with E-state index in [1.807, 2.05) is 23.5 Å². The Morgan fingerprint density at radius 3 is 1.98 bits per heavy atom. The lowest BCUT2D eigenvalue weighted by Crippen LogP contribution is -2.54. The summed E-state index contributed by atoms with van der Waals surface area (Å²) in [4.78, 5) is 2.46. The van der Waals surface area contributed by atoms with Crippen molar-refractivity contribution < 1.29 is 8.83 Å². The summed E-state index contributed by atoms with van der Waals surface area (Å²) in [7, 11) is 0. The Morgan fingerprint density at radius 1 is 0.434 bits per heavy atom. The molecule has 5 heterocycles. The first-order valence-corrected chi connectivity index (χ1v) is 18.9. The molecule has 2 aliphatic rings. The van der Waals surface area contributed by atoms with Crippen LogP contribution in [0, 0.1) is 0 Å². The number of para-hydroxylation sites is 2. The van der Waals surface area contributed by atoms with Crippen molar-refractivity contribution in [2.24, 2.45) is 0 Å². The zero-order chi connectivity index (χ0) is 34.4. The van der Waals surface area contributed by atoms with Gasteiger partial charge in [-0.25, -0.2) is 0 Å². The Bertz CT molecular complexity index is 3390. The molecule has 0 amide bonds. The molecule has 0 radical (unpaired) electrons. The van der Waals surface area contributed by atoms with Crippen LogP contribution in [0.4, 0.5) is 17.1 Å². The Labute approximate surface area is 308 Å². The molecule has 5 heteroatoms. The standard InChI is InChI=1S/C48H26BNO2S/c1-5-15-37-30(10-1)36-22-27(29-14-9-19-46-47(29)34-13-4-8-18-45(34)53-46)23-40-48(36)49(37)38-25-35-32-12-3-7-17-42(32)52-44(35)26-39(38)50(40)28-20-21-33-31-11-2-6-16-41(31)51-43(33)24-28/h1-26H. The second-order valence-corrected chi connectivity index (χ2v) is 15.5. The zero-order valence-corrected chi connectivity index (χ0v) is 29.1. The van der Waals surface area contributed by atoms with Crippen LogP contribution in [-0.2, 0) is 0 Å². The van der Waals surface area contributed by atoms with E-state index >= 15 is 0 Å². The molecular formula is C48H26BNO2S. The lowest BCUT2D eigenvalue weighted by molar-refractivity contribution is 0.669. The minimum atomic E-state index is 0.0854. The van der Waals surface area contributed by atoms with Gasteiger partial charge in [-0.05, 0) is 81.7 Å². The molecule has 0 saturated heterocycles. The Hall–Kier alpha value is -6.56. The fraction of sp³-hybridized carbons (Fsp3) is 0. The second-order valence-electron chi connectivity index (χ2n) is 14.4. The van der Waals surface area contributed by atoms with E-state index < -0.39 is 0 Å². The first kappa shape index (κ1) is 28.1. The van der Waals surface area contributed by atoms with Crippen molar-refractivity contribution >= 4 is 116 Å². The third-order valence-corrected chi connectivity index (χ3v) is 12.8. The number of hydrogen-bond donors (Lipinski definition) is 0. The van der Waals surface area contributed by atoms with E-state index in [4.69, 9.17) is 8.83 Å². The maximum absolute atomic E-state index is 6.58. The highest BCUT2D eigenvalue weighted by molar-refractivity contribution is 7.26. The molecule has 53 heavy (non-hydrogen) atoms. The molecule has 3 aromatic heterocycles. The minimum absolute atomic E-state index is 0.0854. The summed E-state index contributed by atoms with van der Waals surface area (Å²) in [6.07, 6.45) is 0. The Morgan fingerprint density at radius 2 is 1.11 bits per heavy atom. The van der Waals surface area contributed by atoms with Crippen molar-refractivity contribution in [1.29, 1.82) is 0 Å². The maximum Gasteiger partial charge on any atom is 0.248 e.